The van der Waals surface area contributed by atoms with E-state index in [1.807, 2.05) is 7.05 Å². The van der Waals surface area contributed by atoms with Crippen molar-refractivity contribution in [1.82, 2.24) is 9.88 Å². The van der Waals surface area contributed by atoms with Crippen molar-refractivity contribution < 1.29 is 23.1 Å². The van der Waals surface area contributed by atoms with Gasteiger partial charge in [-0.05, 0) is 30.8 Å². The number of halogens is 3. The first-order valence-corrected chi connectivity index (χ1v) is 8.10. The number of piperazine rings is 1. The lowest BCUT2D eigenvalue weighted by Gasteiger charge is -2.34. The molecule has 1 saturated heterocycles. The molecule has 0 saturated carbocycles. The standard InChI is InChI=1S/C18H18F3N3O2/c1-23-5-7-24(8-6-23)16-15(18(19,20)21)10-14(11-22-16)12-3-2-4-13(9-12)17(25)26/h2-4,9-11H,5-8H2,1H3,(H,25,26). The van der Waals surface area contributed by atoms with E-state index < -0.39 is 17.7 Å². The van der Waals surface area contributed by atoms with Gasteiger partial charge in [0.2, 0.25) is 0 Å². The van der Waals surface area contributed by atoms with E-state index in [1.54, 1.807) is 11.0 Å². The van der Waals surface area contributed by atoms with Crippen molar-refractivity contribution in [3.05, 3.63) is 47.7 Å². The number of nitrogens with zero attached hydrogens (tertiary/aromatic N) is 3. The van der Waals surface area contributed by atoms with Crippen molar-refractivity contribution in [2.24, 2.45) is 0 Å². The summed E-state index contributed by atoms with van der Waals surface area (Å²) in [4.78, 5) is 18.9. The molecule has 0 amide bonds. The summed E-state index contributed by atoms with van der Waals surface area (Å²) in [5.74, 6) is -1.21. The highest BCUT2D eigenvalue weighted by molar-refractivity contribution is 5.89. The number of benzene rings is 1. The third-order valence-corrected chi connectivity index (χ3v) is 4.42. The van der Waals surface area contributed by atoms with Crippen molar-refractivity contribution in [3.8, 4) is 11.1 Å². The number of carbonyl (C=O) groups is 1. The number of hydrogen-bond acceptors (Lipinski definition) is 4. The molecular formula is C18H18F3N3O2. The molecule has 1 aromatic carbocycles. The maximum absolute atomic E-state index is 13.6. The molecule has 138 valence electrons. The van der Waals surface area contributed by atoms with Gasteiger partial charge >= 0.3 is 12.1 Å². The first kappa shape index (κ1) is 18.2. The van der Waals surface area contributed by atoms with E-state index in [2.05, 4.69) is 9.88 Å². The Labute approximate surface area is 148 Å². The van der Waals surface area contributed by atoms with Crippen LogP contribution in [0.15, 0.2) is 36.5 Å². The van der Waals surface area contributed by atoms with Crippen LogP contribution in [0.2, 0.25) is 0 Å². The Morgan fingerprint density at radius 3 is 2.42 bits per heavy atom. The number of carboxylic acids is 1. The zero-order chi connectivity index (χ0) is 18.9. The zero-order valence-corrected chi connectivity index (χ0v) is 14.1. The van der Waals surface area contributed by atoms with E-state index in [1.165, 1.54) is 24.4 Å². The molecule has 0 atom stereocenters. The lowest BCUT2D eigenvalue weighted by Crippen LogP contribution is -2.45. The third-order valence-electron chi connectivity index (χ3n) is 4.42. The highest BCUT2D eigenvalue weighted by atomic mass is 19.4. The minimum atomic E-state index is -4.55. The summed E-state index contributed by atoms with van der Waals surface area (Å²) in [7, 11) is 1.92. The predicted octanol–water partition coefficient (Wildman–Crippen LogP) is 3.22. The Kier molecular flexibility index (Phi) is 4.86. The second-order valence-electron chi connectivity index (χ2n) is 6.27. The quantitative estimate of drug-likeness (QED) is 0.905. The van der Waals surface area contributed by atoms with Crippen LogP contribution in [0.3, 0.4) is 0 Å². The van der Waals surface area contributed by atoms with E-state index >= 15 is 0 Å². The Hall–Kier alpha value is -2.61. The van der Waals surface area contributed by atoms with Crippen LogP contribution in [0.4, 0.5) is 19.0 Å². The average Bonchev–Trinajstić information content (AvgIpc) is 2.61. The highest BCUT2D eigenvalue weighted by Crippen LogP contribution is 2.38. The fraction of sp³-hybridized carbons (Fsp3) is 0.333. The minimum Gasteiger partial charge on any atom is -0.478 e. The van der Waals surface area contributed by atoms with Gasteiger partial charge in [-0.25, -0.2) is 9.78 Å². The summed E-state index contributed by atoms with van der Waals surface area (Å²) in [5.41, 5.74) is -0.175. The molecule has 2 aromatic rings. The molecule has 5 nitrogen and oxygen atoms in total. The smallest absolute Gasteiger partial charge is 0.419 e. The van der Waals surface area contributed by atoms with Gasteiger partial charge in [-0.15, -0.1) is 0 Å². The van der Waals surface area contributed by atoms with Crippen LogP contribution in [0.25, 0.3) is 11.1 Å². The largest absolute Gasteiger partial charge is 0.478 e. The molecule has 0 radical (unpaired) electrons. The molecule has 1 fully saturated rings. The van der Waals surface area contributed by atoms with Gasteiger partial charge in [0.1, 0.15) is 5.82 Å². The lowest BCUT2D eigenvalue weighted by atomic mass is 10.0. The minimum absolute atomic E-state index is 0.0132. The summed E-state index contributed by atoms with van der Waals surface area (Å²) in [6.07, 6.45) is -3.18. The Bertz CT molecular complexity index is 816. The number of likely N-dealkylation sites (N-methyl/N-ethyl adjacent to an activating group) is 1. The Balaban J connectivity index is 2.02. The van der Waals surface area contributed by atoms with Crippen LogP contribution in [-0.2, 0) is 6.18 Å². The first-order chi connectivity index (χ1) is 12.3. The summed E-state index contributed by atoms with van der Waals surface area (Å²) >= 11 is 0. The zero-order valence-electron chi connectivity index (χ0n) is 14.1. The molecule has 1 aliphatic heterocycles. The maximum Gasteiger partial charge on any atom is 0.419 e. The summed E-state index contributed by atoms with van der Waals surface area (Å²) in [5, 5.41) is 9.07. The van der Waals surface area contributed by atoms with Gasteiger partial charge in [0.05, 0.1) is 11.1 Å². The lowest BCUT2D eigenvalue weighted by molar-refractivity contribution is -0.137. The molecule has 1 N–H and O–H groups in total. The fourth-order valence-corrected chi connectivity index (χ4v) is 2.93. The SMILES string of the molecule is CN1CCN(c2ncc(-c3cccc(C(=O)O)c3)cc2C(F)(F)F)CC1. The van der Waals surface area contributed by atoms with E-state index in [0.29, 0.717) is 31.7 Å². The molecule has 0 unspecified atom stereocenters. The number of alkyl halides is 3. The van der Waals surface area contributed by atoms with Crippen molar-refractivity contribution in [1.29, 1.82) is 0 Å². The molecule has 1 aromatic heterocycles. The van der Waals surface area contributed by atoms with Gasteiger partial charge in [-0.3, -0.25) is 0 Å². The molecule has 26 heavy (non-hydrogen) atoms. The van der Waals surface area contributed by atoms with Crippen molar-refractivity contribution in [2.45, 2.75) is 6.18 Å². The molecule has 0 spiro atoms. The second-order valence-corrected chi connectivity index (χ2v) is 6.27. The van der Waals surface area contributed by atoms with Gasteiger partial charge < -0.3 is 14.9 Å². The number of rotatable bonds is 3. The number of pyridine rings is 1. The number of carboxylic acid groups (broad SMARTS) is 1. The van der Waals surface area contributed by atoms with Crippen molar-refractivity contribution >= 4 is 11.8 Å². The maximum atomic E-state index is 13.6. The van der Waals surface area contributed by atoms with Crippen molar-refractivity contribution in [3.63, 3.8) is 0 Å². The van der Waals surface area contributed by atoms with Crippen LogP contribution in [0, 0.1) is 0 Å². The monoisotopic (exact) mass is 365 g/mol. The number of aromatic nitrogens is 1. The molecular weight excluding hydrogens is 347 g/mol. The fourth-order valence-electron chi connectivity index (χ4n) is 2.93. The van der Waals surface area contributed by atoms with Crippen LogP contribution < -0.4 is 4.90 Å². The molecule has 2 heterocycles. The molecule has 1 aliphatic rings. The third kappa shape index (κ3) is 3.80. The molecule has 3 rings (SSSR count). The molecule has 0 bridgehead atoms. The van der Waals surface area contributed by atoms with Crippen LogP contribution in [-0.4, -0.2) is 54.2 Å². The van der Waals surface area contributed by atoms with E-state index in [9.17, 15) is 18.0 Å². The summed E-state index contributed by atoms with van der Waals surface area (Å²) < 4.78 is 40.8. The predicted molar refractivity (Wildman–Crippen MR) is 91.3 cm³/mol. The van der Waals surface area contributed by atoms with Crippen LogP contribution >= 0.6 is 0 Å². The molecule has 8 heteroatoms. The second kappa shape index (κ2) is 6.95. The van der Waals surface area contributed by atoms with Crippen molar-refractivity contribution in [2.75, 3.05) is 38.1 Å². The van der Waals surface area contributed by atoms with Gasteiger partial charge in [-0.2, -0.15) is 13.2 Å². The first-order valence-electron chi connectivity index (χ1n) is 8.10. The van der Waals surface area contributed by atoms with E-state index in [-0.39, 0.29) is 16.9 Å². The normalized spacial score (nSPS) is 15.9. The average molecular weight is 365 g/mol. The van der Waals surface area contributed by atoms with Crippen LogP contribution in [0.5, 0.6) is 0 Å². The summed E-state index contributed by atoms with van der Waals surface area (Å²) in [6.45, 7) is 2.28. The summed E-state index contributed by atoms with van der Waals surface area (Å²) in [6, 6.07) is 6.85. The van der Waals surface area contributed by atoms with Gasteiger partial charge in [0.25, 0.3) is 0 Å². The highest BCUT2D eigenvalue weighted by Gasteiger charge is 2.36. The number of hydrogen-bond donors (Lipinski definition) is 1. The van der Waals surface area contributed by atoms with Crippen LogP contribution in [0.1, 0.15) is 15.9 Å². The van der Waals surface area contributed by atoms with E-state index in [0.717, 1.165) is 6.07 Å². The Morgan fingerprint density at radius 1 is 1.12 bits per heavy atom. The van der Waals surface area contributed by atoms with E-state index in [4.69, 9.17) is 5.11 Å². The molecule has 0 aliphatic carbocycles. The van der Waals surface area contributed by atoms with Gasteiger partial charge in [0.15, 0.2) is 0 Å². The number of aromatic carboxylic acids is 1. The van der Waals surface area contributed by atoms with Gasteiger partial charge in [0, 0.05) is 37.9 Å². The van der Waals surface area contributed by atoms with Gasteiger partial charge in [-0.1, -0.05) is 12.1 Å². The Morgan fingerprint density at radius 2 is 1.81 bits per heavy atom. The topological polar surface area (TPSA) is 56.7 Å². The number of anilines is 1.